The van der Waals surface area contributed by atoms with E-state index in [1.807, 2.05) is 36.9 Å². The SMILES string of the molecule is CCN(CC1CCCN1)C(=O)c1ccc(C)c(Br)c1. The average Bonchev–Trinajstić information content (AvgIpc) is 2.91. The number of nitrogens with zero attached hydrogens (tertiary/aromatic N) is 1. The van der Waals surface area contributed by atoms with Gasteiger partial charge in [0.2, 0.25) is 0 Å². The maximum atomic E-state index is 12.5. The largest absolute Gasteiger partial charge is 0.337 e. The van der Waals surface area contributed by atoms with Gasteiger partial charge in [-0.3, -0.25) is 4.79 Å². The minimum Gasteiger partial charge on any atom is -0.337 e. The Balaban J connectivity index is 2.08. The average molecular weight is 325 g/mol. The molecule has 0 saturated carbocycles. The number of halogens is 1. The molecule has 3 nitrogen and oxygen atoms in total. The fourth-order valence-corrected chi connectivity index (χ4v) is 2.82. The van der Waals surface area contributed by atoms with Gasteiger partial charge in [-0.05, 0) is 50.9 Å². The molecule has 0 bridgehead atoms. The second-order valence-electron chi connectivity index (χ2n) is 5.10. The van der Waals surface area contributed by atoms with E-state index in [0.29, 0.717) is 6.04 Å². The van der Waals surface area contributed by atoms with Gasteiger partial charge in [0, 0.05) is 29.2 Å². The Morgan fingerprint density at radius 1 is 1.53 bits per heavy atom. The number of hydrogen-bond acceptors (Lipinski definition) is 2. The molecule has 0 aromatic heterocycles. The molecular weight excluding hydrogens is 304 g/mol. The van der Waals surface area contributed by atoms with Crippen molar-refractivity contribution in [1.82, 2.24) is 10.2 Å². The van der Waals surface area contributed by atoms with Crippen LogP contribution in [0.4, 0.5) is 0 Å². The highest BCUT2D eigenvalue weighted by molar-refractivity contribution is 9.10. The highest BCUT2D eigenvalue weighted by Crippen LogP contribution is 2.19. The Bertz CT molecular complexity index is 455. The van der Waals surface area contributed by atoms with Crippen LogP contribution in [-0.2, 0) is 0 Å². The molecule has 0 spiro atoms. The summed E-state index contributed by atoms with van der Waals surface area (Å²) in [4.78, 5) is 14.4. The lowest BCUT2D eigenvalue weighted by molar-refractivity contribution is 0.0751. The second-order valence-corrected chi connectivity index (χ2v) is 5.96. The molecular formula is C15H21BrN2O. The zero-order chi connectivity index (χ0) is 13.8. The Kier molecular flexibility index (Phi) is 4.99. The van der Waals surface area contributed by atoms with Gasteiger partial charge in [0.25, 0.3) is 5.91 Å². The van der Waals surface area contributed by atoms with Gasteiger partial charge in [-0.15, -0.1) is 0 Å². The van der Waals surface area contributed by atoms with Gasteiger partial charge in [-0.1, -0.05) is 22.0 Å². The Morgan fingerprint density at radius 2 is 2.32 bits per heavy atom. The molecule has 1 aliphatic rings. The molecule has 0 radical (unpaired) electrons. The van der Waals surface area contributed by atoms with Crippen LogP contribution >= 0.6 is 15.9 Å². The first-order valence-electron chi connectivity index (χ1n) is 6.90. The summed E-state index contributed by atoms with van der Waals surface area (Å²) in [5, 5.41) is 3.45. The van der Waals surface area contributed by atoms with Gasteiger partial charge >= 0.3 is 0 Å². The van der Waals surface area contributed by atoms with E-state index < -0.39 is 0 Å². The summed E-state index contributed by atoms with van der Waals surface area (Å²) in [5.41, 5.74) is 1.91. The molecule has 1 heterocycles. The molecule has 1 fully saturated rings. The number of nitrogens with one attached hydrogen (secondary N) is 1. The van der Waals surface area contributed by atoms with E-state index in [9.17, 15) is 4.79 Å². The predicted octanol–water partition coefficient (Wildman–Crippen LogP) is 2.97. The number of likely N-dealkylation sites (N-methyl/N-ethyl adjacent to an activating group) is 1. The summed E-state index contributed by atoms with van der Waals surface area (Å²) >= 11 is 3.49. The molecule has 19 heavy (non-hydrogen) atoms. The van der Waals surface area contributed by atoms with Crippen LogP contribution in [0, 0.1) is 6.92 Å². The number of rotatable bonds is 4. The number of aryl methyl sites for hydroxylation is 1. The molecule has 1 saturated heterocycles. The third-order valence-corrected chi connectivity index (χ3v) is 4.55. The lowest BCUT2D eigenvalue weighted by Gasteiger charge is -2.24. The van der Waals surface area contributed by atoms with Crippen LogP contribution < -0.4 is 5.32 Å². The normalized spacial score (nSPS) is 18.6. The summed E-state index contributed by atoms with van der Waals surface area (Å²) in [6, 6.07) is 6.27. The molecule has 0 aliphatic carbocycles. The summed E-state index contributed by atoms with van der Waals surface area (Å²) in [6.07, 6.45) is 2.38. The van der Waals surface area contributed by atoms with Gasteiger partial charge in [0.15, 0.2) is 0 Å². The van der Waals surface area contributed by atoms with Crippen LogP contribution in [0.15, 0.2) is 22.7 Å². The van der Waals surface area contributed by atoms with Crippen molar-refractivity contribution < 1.29 is 4.79 Å². The van der Waals surface area contributed by atoms with Crippen LogP contribution in [-0.4, -0.2) is 36.5 Å². The summed E-state index contributed by atoms with van der Waals surface area (Å²) < 4.78 is 0.994. The molecule has 1 aliphatic heterocycles. The molecule has 1 unspecified atom stereocenters. The van der Waals surface area contributed by atoms with E-state index in [4.69, 9.17) is 0 Å². The maximum absolute atomic E-state index is 12.5. The highest BCUT2D eigenvalue weighted by atomic mass is 79.9. The highest BCUT2D eigenvalue weighted by Gasteiger charge is 2.21. The van der Waals surface area contributed by atoms with Gasteiger partial charge in [0.1, 0.15) is 0 Å². The zero-order valence-electron chi connectivity index (χ0n) is 11.6. The van der Waals surface area contributed by atoms with Crippen molar-refractivity contribution in [3.05, 3.63) is 33.8 Å². The number of amides is 1. The molecule has 104 valence electrons. The first kappa shape index (κ1) is 14.5. The fraction of sp³-hybridized carbons (Fsp3) is 0.533. The van der Waals surface area contributed by atoms with Crippen LogP contribution in [0.5, 0.6) is 0 Å². The van der Waals surface area contributed by atoms with Crippen molar-refractivity contribution in [2.75, 3.05) is 19.6 Å². The Morgan fingerprint density at radius 3 is 2.89 bits per heavy atom. The fourth-order valence-electron chi connectivity index (χ4n) is 2.44. The molecule has 1 N–H and O–H groups in total. The Labute approximate surface area is 123 Å². The molecule has 1 amide bonds. The lowest BCUT2D eigenvalue weighted by Crippen LogP contribution is -2.41. The van der Waals surface area contributed by atoms with Gasteiger partial charge in [-0.2, -0.15) is 0 Å². The van der Waals surface area contributed by atoms with Crippen molar-refractivity contribution in [2.45, 2.75) is 32.7 Å². The molecule has 1 aromatic carbocycles. The second kappa shape index (κ2) is 6.53. The summed E-state index contributed by atoms with van der Waals surface area (Å²) in [6.45, 7) is 6.70. The monoisotopic (exact) mass is 324 g/mol. The van der Waals surface area contributed by atoms with E-state index in [1.165, 1.54) is 12.8 Å². The lowest BCUT2D eigenvalue weighted by atomic mass is 10.1. The third-order valence-electron chi connectivity index (χ3n) is 3.69. The third kappa shape index (κ3) is 3.57. The van der Waals surface area contributed by atoms with Crippen molar-refractivity contribution in [3.8, 4) is 0 Å². The minimum absolute atomic E-state index is 0.122. The van der Waals surface area contributed by atoms with E-state index >= 15 is 0 Å². The number of benzene rings is 1. The van der Waals surface area contributed by atoms with Gasteiger partial charge in [-0.25, -0.2) is 0 Å². The topological polar surface area (TPSA) is 32.3 Å². The van der Waals surface area contributed by atoms with Crippen LogP contribution in [0.1, 0.15) is 35.7 Å². The maximum Gasteiger partial charge on any atom is 0.253 e. The quantitative estimate of drug-likeness (QED) is 0.923. The van der Waals surface area contributed by atoms with E-state index in [1.54, 1.807) is 0 Å². The predicted molar refractivity (Wildman–Crippen MR) is 81.5 cm³/mol. The van der Waals surface area contributed by atoms with Gasteiger partial charge < -0.3 is 10.2 Å². The van der Waals surface area contributed by atoms with Crippen molar-refractivity contribution >= 4 is 21.8 Å². The first-order valence-corrected chi connectivity index (χ1v) is 7.70. The van der Waals surface area contributed by atoms with Crippen LogP contribution in [0.3, 0.4) is 0 Å². The standard InChI is InChI=1S/C15H21BrN2O/c1-3-18(10-13-5-4-8-17-13)15(19)12-7-6-11(2)14(16)9-12/h6-7,9,13,17H,3-5,8,10H2,1-2H3. The Hall–Kier alpha value is -0.870. The van der Waals surface area contributed by atoms with Gasteiger partial charge in [0.05, 0.1) is 0 Å². The number of carbonyl (C=O) groups is 1. The number of hydrogen-bond donors (Lipinski definition) is 1. The summed E-state index contributed by atoms with van der Waals surface area (Å²) in [5.74, 6) is 0.122. The molecule has 2 rings (SSSR count). The van der Waals surface area contributed by atoms with Crippen molar-refractivity contribution in [2.24, 2.45) is 0 Å². The van der Waals surface area contributed by atoms with E-state index in [-0.39, 0.29) is 5.91 Å². The molecule has 1 atom stereocenters. The smallest absolute Gasteiger partial charge is 0.253 e. The van der Waals surface area contributed by atoms with Crippen LogP contribution in [0.2, 0.25) is 0 Å². The van der Waals surface area contributed by atoms with Crippen molar-refractivity contribution in [3.63, 3.8) is 0 Å². The minimum atomic E-state index is 0.122. The van der Waals surface area contributed by atoms with Crippen molar-refractivity contribution in [1.29, 1.82) is 0 Å². The van der Waals surface area contributed by atoms with E-state index in [2.05, 4.69) is 21.2 Å². The molecule has 1 aromatic rings. The van der Waals surface area contributed by atoms with E-state index in [0.717, 1.165) is 35.2 Å². The number of carbonyl (C=O) groups excluding carboxylic acids is 1. The van der Waals surface area contributed by atoms with Crippen LogP contribution in [0.25, 0.3) is 0 Å². The first-order chi connectivity index (χ1) is 9.11. The summed E-state index contributed by atoms with van der Waals surface area (Å²) in [7, 11) is 0. The molecule has 4 heteroatoms. The zero-order valence-corrected chi connectivity index (χ0v) is 13.2.